The molecule has 0 fully saturated rings. The SMILES string of the molecule is CCCOc1ccc(I)nc1Cl. The smallest absolute Gasteiger partial charge is 0.172 e. The molecule has 0 saturated heterocycles. The maximum Gasteiger partial charge on any atom is 0.172 e. The topological polar surface area (TPSA) is 22.1 Å². The second-order valence-corrected chi connectivity index (χ2v) is 3.73. The van der Waals surface area contributed by atoms with Gasteiger partial charge >= 0.3 is 0 Å². The van der Waals surface area contributed by atoms with Crippen molar-refractivity contribution in [2.45, 2.75) is 13.3 Å². The number of hydrogen-bond donors (Lipinski definition) is 0. The highest BCUT2D eigenvalue weighted by atomic mass is 127. The summed E-state index contributed by atoms with van der Waals surface area (Å²) < 4.78 is 6.22. The number of halogens is 2. The molecule has 0 bridgehead atoms. The van der Waals surface area contributed by atoms with Gasteiger partial charge in [-0.3, -0.25) is 0 Å². The number of rotatable bonds is 3. The average Bonchev–Trinajstić information content (AvgIpc) is 2.03. The van der Waals surface area contributed by atoms with E-state index in [-0.39, 0.29) is 0 Å². The van der Waals surface area contributed by atoms with Crippen LogP contribution in [0, 0.1) is 3.70 Å². The molecule has 0 N–H and O–H groups in total. The van der Waals surface area contributed by atoms with E-state index in [4.69, 9.17) is 16.3 Å². The average molecular weight is 298 g/mol. The fraction of sp³-hybridized carbons (Fsp3) is 0.375. The van der Waals surface area contributed by atoms with Crippen molar-refractivity contribution < 1.29 is 4.74 Å². The number of hydrogen-bond acceptors (Lipinski definition) is 2. The molecule has 0 aromatic carbocycles. The van der Waals surface area contributed by atoms with E-state index in [9.17, 15) is 0 Å². The van der Waals surface area contributed by atoms with Crippen LogP contribution in [0.15, 0.2) is 12.1 Å². The number of pyridine rings is 1. The van der Waals surface area contributed by atoms with Gasteiger partial charge in [-0.1, -0.05) is 18.5 Å². The maximum atomic E-state index is 5.82. The monoisotopic (exact) mass is 297 g/mol. The summed E-state index contributed by atoms with van der Waals surface area (Å²) in [5.41, 5.74) is 0. The minimum absolute atomic E-state index is 0.440. The van der Waals surface area contributed by atoms with E-state index in [0.717, 1.165) is 10.1 Å². The molecule has 1 aromatic heterocycles. The lowest BCUT2D eigenvalue weighted by Crippen LogP contribution is -1.96. The van der Waals surface area contributed by atoms with Crippen LogP contribution in [-0.2, 0) is 0 Å². The molecule has 2 nitrogen and oxygen atoms in total. The first kappa shape index (κ1) is 10.1. The quantitative estimate of drug-likeness (QED) is 0.632. The Morgan fingerprint density at radius 3 is 2.92 bits per heavy atom. The molecule has 1 rings (SSSR count). The lowest BCUT2D eigenvalue weighted by Gasteiger charge is -2.05. The van der Waals surface area contributed by atoms with Crippen molar-refractivity contribution >= 4 is 34.2 Å². The number of ether oxygens (including phenoxy) is 1. The third-order valence-electron chi connectivity index (χ3n) is 1.24. The summed E-state index contributed by atoms with van der Waals surface area (Å²) >= 11 is 7.93. The van der Waals surface area contributed by atoms with Crippen LogP contribution in [0.1, 0.15) is 13.3 Å². The van der Waals surface area contributed by atoms with Crippen molar-refractivity contribution in [3.05, 3.63) is 21.0 Å². The normalized spacial score (nSPS) is 9.92. The highest BCUT2D eigenvalue weighted by Crippen LogP contribution is 2.22. The molecule has 4 heteroatoms. The Labute approximate surface area is 90.4 Å². The largest absolute Gasteiger partial charge is 0.490 e. The van der Waals surface area contributed by atoms with Gasteiger partial charge < -0.3 is 4.74 Å². The lowest BCUT2D eigenvalue weighted by molar-refractivity contribution is 0.316. The van der Waals surface area contributed by atoms with Crippen LogP contribution in [0.5, 0.6) is 5.75 Å². The molecule has 0 aliphatic carbocycles. The van der Waals surface area contributed by atoms with Crippen molar-refractivity contribution in [2.24, 2.45) is 0 Å². The fourth-order valence-corrected chi connectivity index (χ4v) is 1.49. The van der Waals surface area contributed by atoms with Gasteiger partial charge in [-0.05, 0) is 41.1 Å². The Hall–Kier alpha value is -0.0300. The van der Waals surface area contributed by atoms with Crippen molar-refractivity contribution in [3.8, 4) is 5.75 Å². The summed E-state index contributed by atoms with van der Waals surface area (Å²) in [6.07, 6.45) is 0.975. The van der Waals surface area contributed by atoms with Gasteiger partial charge in [0.25, 0.3) is 0 Å². The molecule has 1 heterocycles. The van der Waals surface area contributed by atoms with Gasteiger partial charge in [-0.2, -0.15) is 0 Å². The van der Waals surface area contributed by atoms with Gasteiger partial charge in [0.2, 0.25) is 0 Å². The van der Waals surface area contributed by atoms with Crippen LogP contribution < -0.4 is 4.74 Å². The van der Waals surface area contributed by atoms with Crippen LogP contribution in [-0.4, -0.2) is 11.6 Å². The van der Waals surface area contributed by atoms with Crippen molar-refractivity contribution in [1.29, 1.82) is 0 Å². The van der Waals surface area contributed by atoms with Crippen LogP contribution >= 0.6 is 34.2 Å². The Kier molecular flexibility index (Phi) is 4.08. The molecule has 66 valence electrons. The van der Waals surface area contributed by atoms with Gasteiger partial charge in [0.15, 0.2) is 10.9 Å². The minimum atomic E-state index is 0.440. The van der Waals surface area contributed by atoms with Crippen LogP contribution in [0.4, 0.5) is 0 Å². The van der Waals surface area contributed by atoms with Crippen LogP contribution in [0.25, 0.3) is 0 Å². The molecule has 0 aliphatic rings. The molecule has 1 aromatic rings. The third kappa shape index (κ3) is 2.79. The Morgan fingerprint density at radius 1 is 1.58 bits per heavy atom. The van der Waals surface area contributed by atoms with Crippen LogP contribution in [0.2, 0.25) is 5.15 Å². The van der Waals surface area contributed by atoms with Gasteiger partial charge in [-0.15, -0.1) is 0 Å². The molecule has 0 radical (unpaired) electrons. The first-order chi connectivity index (χ1) is 5.74. The zero-order chi connectivity index (χ0) is 8.97. The predicted molar refractivity (Wildman–Crippen MR) is 57.8 cm³/mol. The van der Waals surface area contributed by atoms with Crippen molar-refractivity contribution in [3.63, 3.8) is 0 Å². The first-order valence-corrected chi connectivity index (χ1v) is 5.14. The zero-order valence-corrected chi connectivity index (χ0v) is 9.59. The van der Waals surface area contributed by atoms with E-state index in [0.29, 0.717) is 17.5 Å². The second-order valence-electron chi connectivity index (χ2n) is 2.27. The third-order valence-corrected chi connectivity index (χ3v) is 2.11. The van der Waals surface area contributed by atoms with E-state index in [1.54, 1.807) is 0 Å². The molecule has 0 spiro atoms. The summed E-state index contributed by atoms with van der Waals surface area (Å²) in [6.45, 7) is 2.73. The van der Waals surface area contributed by atoms with E-state index >= 15 is 0 Å². The van der Waals surface area contributed by atoms with E-state index in [1.807, 2.05) is 19.1 Å². The summed E-state index contributed by atoms with van der Waals surface area (Å²) in [5, 5.41) is 0.440. The summed E-state index contributed by atoms with van der Waals surface area (Å²) in [7, 11) is 0. The summed E-state index contributed by atoms with van der Waals surface area (Å²) in [6, 6.07) is 3.71. The fourth-order valence-electron chi connectivity index (χ4n) is 0.719. The minimum Gasteiger partial charge on any atom is -0.490 e. The molecule has 0 atom stereocenters. The van der Waals surface area contributed by atoms with Gasteiger partial charge in [0.1, 0.15) is 3.70 Å². The maximum absolute atomic E-state index is 5.82. The summed E-state index contributed by atoms with van der Waals surface area (Å²) in [4.78, 5) is 4.05. The van der Waals surface area contributed by atoms with Crippen LogP contribution in [0.3, 0.4) is 0 Å². The molecule has 12 heavy (non-hydrogen) atoms. The molecule has 0 aliphatic heterocycles. The highest BCUT2D eigenvalue weighted by Gasteiger charge is 2.01. The second kappa shape index (κ2) is 4.87. The first-order valence-electron chi connectivity index (χ1n) is 3.69. The Bertz CT molecular complexity index is 267. The Morgan fingerprint density at radius 2 is 2.33 bits per heavy atom. The standard InChI is InChI=1S/C8H9ClINO/c1-2-5-12-6-3-4-7(10)11-8(6)9/h3-4H,2,5H2,1H3. The number of aromatic nitrogens is 1. The number of nitrogens with zero attached hydrogens (tertiary/aromatic N) is 1. The lowest BCUT2D eigenvalue weighted by atomic mass is 10.4. The summed E-state index contributed by atoms with van der Waals surface area (Å²) in [5.74, 6) is 0.666. The highest BCUT2D eigenvalue weighted by molar-refractivity contribution is 14.1. The van der Waals surface area contributed by atoms with E-state index < -0.39 is 0 Å². The van der Waals surface area contributed by atoms with Gasteiger partial charge in [0, 0.05) is 0 Å². The van der Waals surface area contributed by atoms with Crippen molar-refractivity contribution in [1.82, 2.24) is 4.98 Å². The van der Waals surface area contributed by atoms with Gasteiger partial charge in [0.05, 0.1) is 6.61 Å². The molecular formula is C8H9ClINO. The van der Waals surface area contributed by atoms with Gasteiger partial charge in [-0.25, -0.2) is 4.98 Å². The zero-order valence-electron chi connectivity index (χ0n) is 6.68. The van der Waals surface area contributed by atoms with E-state index in [2.05, 4.69) is 27.6 Å². The molecular weight excluding hydrogens is 288 g/mol. The molecule has 0 amide bonds. The molecule has 0 saturated carbocycles. The Balaban J connectivity index is 2.72. The van der Waals surface area contributed by atoms with E-state index in [1.165, 1.54) is 0 Å². The molecule has 0 unspecified atom stereocenters. The predicted octanol–water partition coefficient (Wildman–Crippen LogP) is 3.13. The van der Waals surface area contributed by atoms with Crippen molar-refractivity contribution in [2.75, 3.05) is 6.61 Å².